The fourth-order valence-corrected chi connectivity index (χ4v) is 5.74. The molecular weight excluding hydrogens is 517 g/mol. The van der Waals surface area contributed by atoms with E-state index in [2.05, 4.69) is 0 Å². The summed E-state index contributed by atoms with van der Waals surface area (Å²) in [5, 5.41) is 5.33. The molecule has 0 saturated carbocycles. The smallest absolute Gasteiger partial charge is 0.339 e. The van der Waals surface area contributed by atoms with Gasteiger partial charge in [0.1, 0.15) is 5.82 Å². The van der Waals surface area contributed by atoms with E-state index < -0.39 is 17.7 Å². The van der Waals surface area contributed by atoms with Gasteiger partial charge < -0.3 is 9.47 Å². The molecule has 0 saturated heterocycles. The van der Waals surface area contributed by atoms with Crippen LogP contribution in [0.15, 0.2) is 36.5 Å². The Morgan fingerprint density at radius 2 is 1.82 bits per heavy atom. The number of methoxy groups -OCH3 is 1. The zero-order valence-corrected chi connectivity index (χ0v) is 23.9. The molecular formula is C31H33ClFN3O3. The number of aryl methyl sites for hydroxylation is 1. The van der Waals surface area contributed by atoms with Crippen molar-refractivity contribution in [2.24, 2.45) is 0 Å². The minimum absolute atomic E-state index is 0.243. The van der Waals surface area contributed by atoms with E-state index in [0.717, 1.165) is 53.5 Å². The molecule has 6 nitrogen and oxygen atoms in total. The average molecular weight is 550 g/mol. The molecule has 5 rings (SSSR count). The Morgan fingerprint density at radius 1 is 1.10 bits per heavy atom. The van der Waals surface area contributed by atoms with Gasteiger partial charge in [-0.2, -0.15) is 5.10 Å². The highest BCUT2D eigenvalue weighted by Gasteiger charge is 2.35. The van der Waals surface area contributed by atoms with Crippen molar-refractivity contribution in [1.29, 1.82) is 0 Å². The van der Waals surface area contributed by atoms with Crippen molar-refractivity contribution in [3.8, 4) is 22.4 Å². The Hall–Kier alpha value is -3.29. The van der Waals surface area contributed by atoms with E-state index in [-0.39, 0.29) is 5.82 Å². The summed E-state index contributed by atoms with van der Waals surface area (Å²) in [7, 11) is 1.33. The van der Waals surface area contributed by atoms with Crippen molar-refractivity contribution in [2.75, 3.05) is 7.11 Å². The molecule has 1 unspecified atom stereocenters. The first-order valence-electron chi connectivity index (χ1n) is 13.2. The summed E-state index contributed by atoms with van der Waals surface area (Å²) in [5.41, 5.74) is 6.60. The quantitative estimate of drug-likeness (QED) is 0.243. The van der Waals surface area contributed by atoms with Crippen LogP contribution in [-0.4, -0.2) is 33.3 Å². The van der Waals surface area contributed by atoms with E-state index in [1.807, 2.05) is 58.9 Å². The molecule has 2 aromatic heterocycles. The Morgan fingerprint density at radius 3 is 2.49 bits per heavy atom. The van der Waals surface area contributed by atoms with E-state index >= 15 is 4.39 Å². The van der Waals surface area contributed by atoms with Crippen molar-refractivity contribution >= 4 is 23.2 Å². The number of hydrogen-bond acceptors (Lipinski definition) is 5. The Labute approximate surface area is 233 Å². The second kappa shape index (κ2) is 10.4. The van der Waals surface area contributed by atoms with Crippen molar-refractivity contribution < 1.29 is 18.7 Å². The number of fused-ring (bicyclic) bond motifs is 2. The summed E-state index contributed by atoms with van der Waals surface area (Å²) in [6, 6.07) is 9.05. The second-order valence-corrected chi connectivity index (χ2v) is 11.5. The third kappa shape index (κ3) is 5.06. The Balaban J connectivity index is 1.88. The molecule has 2 aromatic carbocycles. The van der Waals surface area contributed by atoms with Crippen LogP contribution in [0.25, 0.3) is 28.0 Å². The molecule has 0 spiro atoms. The van der Waals surface area contributed by atoms with Gasteiger partial charge in [-0.15, -0.1) is 0 Å². The molecule has 0 radical (unpaired) electrons. The monoisotopic (exact) mass is 549 g/mol. The number of carbonyl (C=O) groups is 1. The topological polar surface area (TPSA) is 65.7 Å². The Kier molecular flexibility index (Phi) is 7.25. The number of rotatable bonds is 5. The Bertz CT molecular complexity index is 1590. The van der Waals surface area contributed by atoms with Gasteiger partial charge in [-0.3, -0.25) is 0 Å². The van der Waals surface area contributed by atoms with Crippen LogP contribution in [0.4, 0.5) is 4.39 Å². The lowest BCUT2D eigenvalue weighted by molar-refractivity contribution is -0.164. The van der Waals surface area contributed by atoms with Crippen molar-refractivity contribution in [2.45, 2.75) is 72.0 Å². The van der Waals surface area contributed by atoms with Crippen molar-refractivity contribution in [1.82, 2.24) is 14.6 Å². The summed E-state index contributed by atoms with van der Waals surface area (Å²) in [6.45, 7) is 9.47. The van der Waals surface area contributed by atoms with Gasteiger partial charge in [0.25, 0.3) is 0 Å². The summed E-state index contributed by atoms with van der Waals surface area (Å²) >= 11 is 6.30. The molecule has 0 N–H and O–H groups in total. The van der Waals surface area contributed by atoms with Gasteiger partial charge in [-0.05, 0) is 101 Å². The SMILES string of the molecule is COC(=O)C(OC(C)(C)C)c1c(C)nc2c(-c3cccc(Cl)c3)cnn2c1-c1cc(F)c2c(c1C)CCCC2. The molecule has 1 atom stereocenters. The first-order valence-corrected chi connectivity index (χ1v) is 13.6. The molecule has 8 heteroatoms. The minimum Gasteiger partial charge on any atom is -0.467 e. The van der Waals surface area contributed by atoms with Crippen LogP contribution in [-0.2, 0) is 27.1 Å². The summed E-state index contributed by atoms with van der Waals surface area (Å²) in [4.78, 5) is 18.1. The largest absolute Gasteiger partial charge is 0.467 e. The fourth-order valence-electron chi connectivity index (χ4n) is 5.55. The zero-order chi connectivity index (χ0) is 28.1. The number of esters is 1. The predicted octanol–water partition coefficient (Wildman–Crippen LogP) is 7.38. The second-order valence-electron chi connectivity index (χ2n) is 11.1. The minimum atomic E-state index is -1.10. The third-order valence-corrected chi connectivity index (χ3v) is 7.53. The van der Waals surface area contributed by atoms with Gasteiger partial charge in [0.2, 0.25) is 0 Å². The summed E-state index contributed by atoms with van der Waals surface area (Å²) in [6.07, 6.45) is 4.13. The fraction of sp³-hybridized carbons (Fsp3) is 0.387. The molecule has 0 bridgehead atoms. The maximum Gasteiger partial charge on any atom is 0.339 e. The van der Waals surface area contributed by atoms with Gasteiger partial charge in [0.05, 0.1) is 24.6 Å². The predicted molar refractivity (Wildman–Crippen MR) is 151 cm³/mol. The van der Waals surface area contributed by atoms with Crippen LogP contribution in [0.5, 0.6) is 0 Å². The lowest BCUT2D eigenvalue weighted by Gasteiger charge is -2.29. The lowest BCUT2D eigenvalue weighted by Crippen LogP contribution is -2.30. The highest BCUT2D eigenvalue weighted by atomic mass is 35.5. The van der Waals surface area contributed by atoms with E-state index in [0.29, 0.717) is 33.2 Å². The van der Waals surface area contributed by atoms with Gasteiger partial charge in [-0.25, -0.2) is 18.7 Å². The van der Waals surface area contributed by atoms with E-state index in [9.17, 15) is 4.79 Å². The van der Waals surface area contributed by atoms with E-state index in [1.54, 1.807) is 16.8 Å². The summed E-state index contributed by atoms with van der Waals surface area (Å²) in [5.74, 6) is -0.804. The molecule has 39 heavy (non-hydrogen) atoms. The third-order valence-electron chi connectivity index (χ3n) is 7.30. The number of hydrogen-bond donors (Lipinski definition) is 0. The van der Waals surface area contributed by atoms with E-state index in [1.165, 1.54) is 7.11 Å². The van der Waals surface area contributed by atoms with Gasteiger partial charge >= 0.3 is 5.97 Å². The molecule has 1 aliphatic rings. The molecule has 0 amide bonds. The molecule has 4 aromatic rings. The first kappa shape index (κ1) is 27.3. The summed E-state index contributed by atoms with van der Waals surface area (Å²) < 4.78 is 28.8. The maximum absolute atomic E-state index is 15.7. The number of halogens is 2. The average Bonchev–Trinajstić information content (AvgIpc) is 3.31. The number of ether oxygens (including phenoxy) is 2. The maximum atomic E-state index is 15.7. The van der Waals surface area contributed by atoms with Crippen LogP contribution in [0.2, 0.25) is 5.02 Å². The molecule has 1 aliphatic carbocycles. The van der Waals surface area contributed by atoms with Crippen molar-refractivity contribution in [3.05, 3.63) is 75.3 Å². The van der Waals surface area contributed by atoms with Gasteiger partial charge in [0, 0.05) is 27.4 Å². The van der Waals surface area contributed by atoms with Crippen LogP contribution in [0.1, 0.15) is 67.7 Å². The van der Waals surface area contributed by atoms with Crippen LogP contribution in [0, 0.1) is 19.7 Å². The highest BCUT2D eigenvalue weighted by Crippen LogP contribution is 2.41. The zero-order valence-electron chi connectivity index (χ0n) is 23.2. The molecule has 0 fully saturated rings. The van der Waals surface area contributed by atoms with Gasteiger partial charge in [-0.1, -0.05) is 23.7 Å². The standard InChI is InChI=1S/C31H33ClFN3O3/c1-17-21-12-7-8-13-22(21)25(33)15-23(17)27-26(28(30(37)38-6)39-31(3,4)5)18(2)35-29-24(16-34-36(27)29)19-10-9-11-20(32)14-19/h9-11,14-16,28H,7-8,12-13H2,1-6H3. The number of benzene rings is 2. The van der Waals surface area contributed by atoms with Gasteiger partial charge in [0.15, 0.2) is 11.8 Å². The van der Waals surface area contributed by atoms with E-state index in [4.69, 9.17) is 31.2 Å². The molecule has 0 aliphatic heterocycles. The number of aromatic nitrogens is 3. The number of nitrogens with zero attached hydrogens (tertiary/aromatic N) is 3. The van der Waals surface area contributed by atoms with Crippen LogP contribution < -0.4 is 0 Å². The number of carbonyl (C=O) groups excluding carboxylic acids is 1. The normalized spacial score (nSPS) is 14.4. The van der Waals surface area contributed by atoms with Crippen LogP contribution in [0.3, 0.4) is 0 Å². The van der Waals surface area contributed by atoms with Crippen molar-refractivity contribution in [3.63, 3.8) is 0 Å². The van der Waals surface area contributed by atoms with Crippen LogP contribution >= 0.6 is 11.6 Å². The lowest BCUT2D eigenvalue weighted by atomic mass is 9.84. The molecule has 2 heterocycles. The molecule has 204 valence electrons. The highest BCUT2D eigenvalue weighted by molar-refractivity contribution is 6.30. The first-order chi connectivity index (χ1) is 18.5.